The van der Waals surface area contributed by atoms with Gasteiger partial charge in [0.2, 0.25) is 0 Å². The Morgan fingerprint density at radius 3 is 2.86 bits per heavy atom. The second-order valence-electron chi connectivity index (χ2n) is 5.81. The van der Waals surface area contributed by atoms with Gasteiger partial charge in [0.25, 0.3) is 5.91 Å². The summed E-state index contributed by atoms with van der Waals surface area (Å²) in [6.45, 7) is 4.28. The lowest BCUT2D eigenvalue weighted by molar-refractivity contribution is -0.385. The van der Waals surface area contributed by atoms with Gasteiger partial charge in [0.05, 0.1) is 11.5 Å². The lowest BCUT2D eigenvalue weighted by Crippen LogP contribution is -2.37. The zero-order chi connectivity index (χ0) is 16.1. The SMILES string of the molecule is CCOc1ccc(C(=O)NC2CCCC(C)C2)cc1[N+](=O)[O-]. The van der Waals surface area contributed by atoms with Crippen LogP contribution in [0.1, 0.15) is 49.9 Å². The van der Waals surface area contributed by atoms with Crippen molar-refractivity contribution < 1.29 is 14.5 Å². The summed E-state index contributed by atoms with van der Waals surface area (Å²) in [6, 6.07) is 4.49. The molecule has 6 nitrogen and oxygen atoms in total. The van der Waals surface area contributed by atoms with Crippen LogP contribution in [0.5, 0.6) is 5.75 Å². The number of nitrogens with zero attached hydrogens (tertiary/aromatic N) is 1. The molecule has 0 aliphatic heterocycles. The zero-order valence-corrected chi connectivity index (χ0v) is 13.0. The van der Waals surface area contributed by atoms with Crippen molar-refractivity contribution in [3.63, 3.8) is 0 Å². The van der Waals surface area contributed by atoms with E-state index in [1.165, 1.54) is 18.6 Å². The Morgan fingerprint density at radius 1 is 1.45 bits per heavy atom. The average Bonchev–Trinajstić information content (AvgIpc) is 2.47. The summed E-state index contributed by atoms with van der Waals surface area (Å²) < 4.78 is 5.22. The van der Waals surface area contributed by atoms with Crippen LogP contribution in [-0.4, -0.2) is 23.5 Å². The number of benzene rings is 1. The topological polar surface area (TPSA) is 81.5 Å². The number of hydrogen-bond donors (Lipinski definition) is 1. The van der Waals surface area contributed by atoms with E-state index < -0.39 is 4.92 Å². The number of amides is 1. The van der Waals surface area contributed by atoms with Crippen LogP contribution in [0.4, 0.5) is 5.69 Å². The van der Waals surface area contributed by atoms with Crippen molar-refractivity contribution >= 4 is 11.6 Å². The summed E-state index contributed by atoms with van der Waals surface area (Å²) >= 11 is 0. The Hall–Kier alpha value is -2.11. The molecular weight excluding hydrogens is 284 g/mol. The molecule has 0 aromatic heterocycles. The molecule has 1 amide bonds. The van der Waals surface area contributed by atoms with Gasteiger partial charge in [0, 0.05) is 17.7 Å². The van der Waals surface area contributed by atoms with Crippen molar-refractivity contribution in [1.29, 1.82) is 0 Å². The molecule has 0 saturated heterocycles. The maximum Gasteiger partial charge on any atom is 0.311 e. The molecule has 1 N–H and O–H groups in total. The molecule has 1 aliphatic carbocycles. The number of carbonyl (C=O) groups excluding carboxylic acids is 1. The minimum absolute atomic E-state index is 0.155. The number of hydrogen-bond acceptors (Lipinski definition) is 4. The van der Waals surface area contributed by atoms with Gasteiger partial charge in [0.1, 0.15) is 0 Å². The van der Waals surface area contributed by atoms with Gasteiger partial charge >= 0.3 is 5.69 Å². The van der Waals surface area contributed by atoms with Gasteiger partial charge in [-0.15, -0.1) is 0 Å². The number of nitrogens with one attached hydrogen (secondary N) is 1. The first-order chi connectivity index (χ1) is 10.5. The Bertz CT molecular complexity index is 559. The third kappa shape index (κ3) is 3.96. The normalized spacial score (nSPS) is 21.2. The molecule has 2 atom stereocenters. The zero-order valence-electron chi connectivity index (χ0n) is 13.0. The molecule has 2 unspecified atom stereocenters. The largest absolute Gasteiger partial charge is 0.487 e. The lowest BCUT2D eigenvalue weighted by Gasteiger charge is -2.27. The van der Waals surface area contributed by atoms with E-state index in [1.54, 1.807) is 13.0 Å². The summed E-state index contributed by atoms with van der Waals surface area (Å²) in [5.41, 5.74) is 0.125. The lowest BCUT2D eigenvalue weighted by atomic mass is 9.87. The van der Waals surface area contributed by atoms with Crippen LogP contribution in [0.15, 0.2) is 18.2 Å². The van der Waals surface area contributed by atoms with Gasteiger partial charge < -0.3 is 10.1 Å². The molecule has 1 fully saturated rings. The van der Waals surface area contributed by atoms with E-state index in [0.717, 1.165) is 19.3 Å². The minimum Gasteiger partial charge on any atom is -0.487 e. The van der Waals surface area contributed by atoms with Crippen molar-refractivity contribution in [2.75, 3.05) is 6.61 Å². The van der Waals surface area contributed by atoms with Crippen LogP contribution in [-0.2, 0) is 0 Å². The third-order valence-corrected chi connectivity index (χ3v) is 3.99. The van der Waals surface area contributed by atoms with E-state index in [0.29, 0.717) is 18.1 Å². The van der Waals surface area contributed by atoms with Crippen molar-refractivity contribution in [2.45, 2.75) is 45.6 Å². The molecule has 0 radical (unpaired) electrons. The molecular formula is C16H22N2O4. The molecule has 120 valence electrons. The van der Waals surface area contributed by atoms with Crippen LogP contribution in [0.3, 0.4) is 0 Å². The first-order valence-corrected chi connectivity index (χ1v) is 7.73. The summed E-state index contributed by atoms with van der Waals surface area (Å²) in [4.78, 5) is 22.9. The Kier molecular flexibility index (Phi) is 5.35. The Labute approximate surface area is 130 Å². The van der Waals surface area contributed by atoms with Gasteiger partial charge in [-0.25, -0.2) is 0 Å². The molecule has 0 heterocycles. The molecule has 6 heteroatoms. The van der Waals surface area contributed by atoms with Crippen LogP contribution in [0.25, 0.3) is 0 Å². The molecule has 0 bridgehead atoms. The quantitative estimate of drug-likeness (QED) is 0.668. The number of carbonyl (C=O) groups is 1. The highest BCUT2D eigenvalue weighted by atomic mass is 16.6. The smallest absolute Gasteiger partial charge is 0.311 e. The molecule has 0 spiro atoms. The predicted molar refractivity (Wildman–Crippen MR) is 83.2 cm³/mol. The van der Waals surface area contributed by atoms with Gasteiger partial charge in [-0.2, -0.15) is 0 Å². The van der Waals surface area contributed by atoms with E-state index in [4.69, 9.17) is 4.74 Å². The van der Waals surface area contributed by atoms with Gasteiger partial charge in [-0.05, 0) is 37.8 Å². The molecule has 1 aromatic rings. The monoisotopic (exact) mass is 306 g/mol. The molecule has 2 rings (SSSR count). The molecule has 22 heavy (non-hydrogen) atoms. The van der Waals surface area contributed by atoms with Crippen molar-refractivity contribution in [2.24, 2.45) is 5.92 Å². The predicted octanol–water partition coefficient (Wildman–Crippen LogP) is 3.30. The van der Waals surface area contributed by atoms with Gasteiger partial charge in [-0.3, -0.25) is 14.9 Å². The van der Waals surface area contributed by atoms with E-state index >= 15 is 0 Å². The van der Waals surface area contributed by atoms with Crippen LogP contribution in [0.2, 0.25) is 0 Å². The molecule has 1 aromatic carbocycles. The van der Waals surface area contributed by atoms with E-state index in [9.17, 15) is 14.9 Å². The highest BCUT2D eigenvalue weighted by Gasteiger charge is 2.23. The summed E-state index contributed by atoms with van der Waals surface area (Å²) in [5, 5.41) is 14.1. The Morgan fingerprint density at radius 2 is 2.23 bits per heavy atom. The first kappa shape index (κ1) is 16.3. The Balaban J connectivity index is 2.12. The highest BCUT2D eigenvalue weighted by molar-refractivity contribution is 5.95. The highest BCUT2D eigenvalue weighted by Crippen LogP contribution is 2.28. The third-order valence-electron chi connectivity index (χ3n) is 3.99. The van der Waals surface area contributed by atoms with Gasteiger partial charge in [0.15, 0.2) is 5.75 Å². The standard InChI is InChI=1S/C16H22N2O4/c1-3-22-15-8-7-12(10-14(15)18(20)21)16(19)17-13-6-4-5-11(2)9-13/h7-8,10-11,13H,3-6,9H2,1-2H3,(H,17,19). The van der Waals surface area contributed by atoms with Crippen molar-refractivity contribution in [3.8, 4) is 5.75 Å². The maximum absolute atomic E-state index is 12.3. The second kappa shape index (κ2) is 7.24. The van der Waals surface area contributed by atoms with Crippen LogP contribution < -0.4 is 10.1 Å². The van der Waals surface area contributed by atoms with Crippen LogP contribution >= 0.6 is 0 Å². The fourth-order valence-corrected chi connectivity index (χ4v) is 2.91. The molecule has 1 aliphatic rings. The summed E-state index contributed by atoms with van der Waals surface area (Å²) in [5.74, 6) is 0.536. The fourth-order valence-electron chi connectivity index (χ4n) is 2.91. The second-order valence-corrected chi connectivity index (χ2v) is 5.81. The van der Waals surface area contributed by atoms with Gasteiger partial charge in [-0.1, -0.05) is 19.8 Å². The molecule has 1 saturated carbocycles. The fraction of sp³-hybridized carbons (Fsp3) is 0.562. The first-order valence-electron chi connectivity index (χ1n) is 7.73. The summed E-state index contributed by atoms with van der Waals surface area (Å²) in [6.07, 6.45) is 4.23. The van der Waals surface area contributed by atoms with Crippen LogP contribution in [0, 0.1) is 16.0 Å². The number of nitro groups is 1. The number of ether oxygens (including phenoxy) is 1. The van der Waals surface area contributed by atoms with E-state index in [1.807, 2.05) is 0 Å². The van der Waals surface area contributed by atoms with Crippen molar-refractivity contribution in [1.82, 2.24) is 5.32 Å². The summed E-state index contributed by atoms with van der Waals surface area (Å²) in [7, 11) is 0. The average molecular weight is 306 g/mol. The van der Waals surface area contributed by atoms with E-state index in [-0.39, 0.29) is 23.4 Å². The maximum atomic E-state index is 12.3. The number of rotatable bonds is 5. The number of nitro benzene ring substituents is 1. The van der Waals surface area contributed by atoms with E-state index in [2.05, 4.69) is 12.2 Å². The van der Waals surface area contributed by atoms with Crippen molar-refractivity contribution in [3.05, 3.63) is 33.9 Å². The minimum atomic E-state index is -0.523.